The molecule has 0 saturated carbocycles. The predicted octanol–water partition coefficient (Wildman–Crippen LogP) is 0.902. The van der Waals surface area contributed by atoms with E-state index in [2.05, 4.69) is 0 Å². The third-order valence-electron chi connectivity index (χ3n) is 1.60. The van der Waals surface area contributed by atoms with Gasteiger partial charge in [-0.1, -0.05) is 36.0 Å². The van der Waals surface area contributed by atoms with Crippen LogP contribution in [-0.2, 0) is 0 Å². The van der Waals surface area contributed by atoms with Crippen molar-refractivity contribution in [3.8, 4) is 0 Å². The second kappa shape index (κ2) is 3.55. The maximum Gasteiger partial charge on any atom is 0.462 e. The normalized spacial score (nSPS) is 22.8. The standard InChI is InChI=1S/C8H11BO2/c1-7-4-2-3-5-8(6-7)9(10)11/h2-6,8,10-11H,1H3. The molecule has 2 N–H and O–H groups in total. The van der Waals surface area contributed by atoms with Gasteiger partial charge in [-0.05, 0) is 6.92 Å². The SMILES string of the molecule is CC1=CC(B(O)O)C=CC=C1. The van der Waals surface area contributed by atoms with Crippen LogP contribution in [0.5, 0.6) is 0 Å². The van der Waals surface area contributed by atoms with Crippen LogP contribution < -0.4 is 0 Å². The van der Waals surface area contributed by atoms with Gasteiger partial charge in [0.05, 0.1) is 0 Å². The lowest BCUT2D eigenvalue weighted by Crippen LogP contribution is -2.16. The highest BCUT2D eigenvalue weighted by molar-refractivity contribution is 6.44. The largest absolute Gasteiger partial charge is 0.462 e. The first kappa shape index (κ1) is 8.30. The summed E-state index contributed by atoms with van der Waals surface area (Å²) in [6, 6.07) is 0. The summed E-state index contributed by atoms with van der Waals surface area (Å²) < 4.78 is 0. The summed E-state index contributed by atoms with van der Waals surface area (Å²) >= 11 is 0. The molecular formula is C8H11BO2. The molecule has 0 aromatic rings. The van der Waals surface area contributed by atoms with Crippen LogP contribution >= 0.6 is 0 Å². The molecule has 11 heavy (non-hydrogen) atoms. The monoisotopic (exact) mass is 150 g/mol. The Balaban J connectivity index is 2.76. The summed E-state index contributed by atoms with van der Waals surface area (Å²) in [7, 11) is -1.29. The maximum absolute atomic E-state index is 8.85. The van der Waals surface area contributed by atoms with Gasteiger partial charge in [0, 0.05) is 5.82 Å². The van der Waals surface area contributed by atoms with Gasteiger partial charge in [0.25, 0.3) is 0 Å². The van der Waals surface area contributed by atoms with Crippen LogP contribution in [0.3, 0.4) is 0 Å². The molecule has 0 saturated heterocycles. The Morgan fingerprint density at radius 3 is 2.73 bits per heavy atom. The Morgan fingerprint density at radius 2 is 2.09 bits per heavy atom. The van der Waals surface area contributed by atoms with E-state index in [1.807, 2.05) is 31.2 Å². The highest BCUT2D eigenvalue weighted by Crippen LogP contribution is 2.17. The zero-order valence-corrected chi connectivity index (χ0v) is 6.44. The van der Waals surface area contributed by atoms with Crippen LogP contribution in [0.4, 0.5) is 0 Å². The van der Waals surface area contributed by atoms with Gasteiger partial charge in [-0.3, -0.25) is 0 Å². The van der Waals surface area contributed by atoms with Gasteiger partial charge in [-0.2, -0.15) is 0 Å². The Kier molecular flexibility index (Phi) is 2.68. The molecule has 0 fully saturated rings. The predicted molar refractivity (Wildman–Crippen MR) is 46.0 cm³/mol. The topological polar surface area (TPSA) is 40.5 Å². The van der Waals surface area contributed by atoms with Gasteiger partial charge >= 0.3 is 7.12 Å². The van der Waals surface area contributed by atoms with Crippen LogP contribution in [0.25, 0.3) is 0 Å². The Bertz CT molecular complexity index is 216. The molecule has 0 aromatic heterocycles. The first-order chi connectivity index (χ1) is 5.20. The minimum atomic E-state index is -1.29. The van der Waals surface area contributed by atoms with Crippen molar-refractivity contribution in [2.45, 2.75) is 12.7 Å². The van der Waals surface area contributed by atoms with Crippen LogP contribution in [0.15, 0.2) is 36.0 Å². The van der Waals surface area contributed by atoms with Gasteiger partial charge in [-0.15, -0.1) is 0 Å². The molecule has 1 aliphatic carbocycles. The lowest BCUT2D eigenvalue weighted by Gasteiger charge is -2.04. The van der Waals surface area contributed by atoms with Crippen LogP contribution in [0.2, 0.25) is 5.82 Å². The minimum Gasteiger partial charge on any atom is -0.426 e. The van der Waals surface area contributed by atoms with Gasteiger partial charge in [0.1, 0.15) is 0 Å². The molecule has 0 bridgehead atoms. The molecule has 0 radical (unpaired) electrons. The van der Waals surface area contributed by atoms with E-state index in [1.165, 1.54) is 0 Å². The molecule has 1 rings (SSSR count). The second-order valence-electron chi connectivity index (χ2n) is 2.65. The molecule has 0 spiro atoms. The van der Waals surface area contributed by atoms with Crippen molar-refractivity contribution >= 4 is 7.12 Å². The summed E-state index contributed by atoms with van der Waals surface area (Å²) in [6.45, 7) is 1.93. The van der Waals surface area contributed by atoms with Gasteiger partial charge in [-0.25, -0.2) is 0 Å². The molecule has 0 amide bonds. The number of hydrogen-bond donors (Lipinski definition) is 2. The number of allylic oxidation sites excluding steroid dienone is 6. The molecular weight excluding hydrogens is 139 g/mol. The van der Waals surface area contributed by atoms with E-state index >= 15 is 0 Å². The van der Waals surface area contributed by atoms with Crippen molar-refractivity contribution in [2.24, 2.45) is 0 Å². The molecule has 3 heteroatoms. The molecule has 0 heterocycles. The zero-order valence-electron chi connectivity index (χ0n) is 6.44. The van der Waals surface area contributed by atoms with E-state index in [9.17, 15) is 0 Å². The van der Waals surface area contributed by atoms with E-state index in [1.54, 1.807) is 6.08 Å². The summed E-state index contributed by atoms with van der Waals surface area (Å²) in [5, 5.41) is 17.7. The summed E-state index contributed by atoms with van der Waals surface area (Å²) in [5.74, 6) is -0.273. The highest BCUT2D eigenvalue weighted by Gasteiger charge is 2.17. The van der Waals surface area contributed by atoms with E-state index in [0.717, 1.165) is 5.57 Å². The van der Waals surface area contributed by atoms with Crippen molar-refractivity contribution in [1.82, 2.24) is 0 Å². The lowest BCUT2D eigenvalue weighted by molar-refractivity contribution is 0.402. The van der Waals surface area contributed by atoms with Crippen LogP contribution in [0.1, 0.15) is 6.92 Å². The van der Waals surface area contributed by atoms with E-state index in [-0.39, 0.29) is 5.82 Å². The Morgan fingerprint density at radius 1 is 1.36 bits per heavy atom. The third-order valence-corrected chi connectivity index (χ3v) is 1.60. The van der Waals surface area contributed by atoms with Gasteiger partial charge in [0.2, 0.25) is 0 Å². The Hall–Kier alpha value is -0.795. The first-order valence-electron chi connectivity index (χ1n) is 3.59. The van der Waals surface area contributed by atoms with Gasteiger partial charge < -0.3 is 10.0 Å². The fraction of sp³-hybridized carbons (Fsp3) is 0.250. The van der Waals surface area contributed by atoms with Crippen molar-refractivity contribution in [2.75, 3.05) is 0 Å². The molecule has 1 unspecified atom stereocenters. The fourth-order valence-electron chi connectivity index (χ4n) is 1.000. The van der Waals surface area contributed by atoms with E-state index in [4.69, 9.17) is 10.0 Å². The van der Waals surface area contributed by atoms with Crippen molar-refractivity contribution in [3.05, 3.63) is 36.0 Å². The highest BCUT2D eigenvalue weighted by atomic mass is 16.4. The first-order valence-corrected chi connectivity index (χ1v) is 3.59. The molecule has 58 valence electrons. The fourth-order valence-corrected chi connectivity index (χ4v) is 1.000. The number of hydrogen-bond acceptors (Lipinski definition) is 2. The second-order valence-corrected chi connectivity index (χ2v) is 2.65. The van der Waals surface area contributed by atoms with E-state index in [0.29, 0.717) is 0 Å². The van der Waals surface area contributed by atoms with Crippen LogP contribution in [0, 0.1) is 0 Å². The zero-order chi connectivity index (χ0) is 8.27. The number of rotatable bonds is 1. The Labute approximate surface area is 66.7 Å². The third kappa shape index (κ3) is 2.37. The van der Waals surface area contributed by atoms with Crippen molar-refractivity contribution in [1.29, 1.82) is 0 Å². The molecule has 1 aliphatic rings. The molecule has 2 nitrogen and oxygen atoms in total. The molecule has 0 aliphatic heterocycles. The van der Waals surface area contributed by atoms with Crippen molar-refractivity contribution < 1.29 is 10.0 Å². The van der Waals surface area contributed by atoms with Crippen molar-refractivity contribution in [3.63, 3.8) is 0 Å². The average Bonchev–Trinajstić information content (AvgIpc) is 2.13. The van der Waals surface area contributed by atoms with Gasteiger partial charge in [0.15, 0.2) is 0 Å². The summed E-state index contributed by atoms with van der Waals surface area (Å²) in [5.41, 5.74) is 1.05. The maximum atomic E-state index is 8.85. The summed E-state index contributed by atoms with van der Waals surface area (Å²) in [4.78, 5) is 0. The molecule has 1 atom stereocenters. The minimum absolute atomic E-state index is 0.273. The van der Waals surface area contributed by atoms with E-state index < -0.39 is 7.12 Å². The molecule has 0 aromatic carbocycles. The summed E-state index contributed by atoms with van der Waals surface area (Å²) in [6.07, 6.45) is 9.21. The lowest BCUT2D eigenvalue weighted by atomic mass is 9.72. The smallest absolute Gasteiger partial charge is 0.426 e. The van der Waals surface area contributed by atoms with Crippen LogP contribution in [-0.4, -0.2) is 17.2 Å². The average molecular weight is 150 g/mol. The quantitative estimate of drug-likeness (QED) is 0.545.